The molecule has 2 atom stereocenters. The van der Waals surface area contributed by atoms with E-state index in [2.05, 4.69) is 34.3 Å². The van der Waals surface area contributed by atoms with E-state index >= 15 is 0 Å². The molecule has 2 aliphatic rings. The average Bonchev–Trinajstić information content (AvgIpc) is 2.96. The lowest BCUT2D eigenvalue weighted by Crippen LogP contribution is -2.20. The number of hydrogen-bond acceptors (Lipinski definition) is 5. The normalized spacial score (nSPS) is 27.4. The van der Waals surface area contributed by atoms with Crippen molar-refractivity contribution < 1.29 is 4.52 Å². The Bertz CT molecular complexity index is 471. The summed E-state index contributed by atoms with van der Waals surface area (Å²) >= 11 is 1.72. The fourth-order valence-electron chi connectivity index (χ4n) is 3.25. The number of hydrogen-bond donors (Lipinski definition) is 0. The Morgan fingerprint density at radius 1 is 1.42 bits per heavy atom. The van der Waals surface area contributed by atoms with Crippen molar-refractivity contribution in [1.82, 2.24) is 15.0 Å². The fourth-order valence-corrected chi connectivity index (χ4v) is 3.62. The lowest BCUT2D eigenvalue weighted by atomic mass is 9.83. The van der Waals surface area contributed by atoms with Gasteiger partial charge in [0.15, 0.2) is 5.82 Å². The van der Waals surface area contributed by atoms with Crippen LogP contribution in [0, 0.1) is 11.8 Å². The lowest BCUT2D eigenvalue weighted by Gasteiger charge is -2.22. The summed E-state index contributed by atoms with van der Waals surface area (Å²) in [4.78, 5) is 6.91. The third-order valence-corrected chi connectivity index (χ3v) is 4.69. The molecule has 4 nitrogen and oxygen atoms in total. The van der Waals surface area contributed by atoms with Gasteiger partial charge in [-0.3, -0.25) is 4.90 Å². The second kappa shape index (κ2) is 5.67. The second-order valence-electron chi connectivity index (χ2n) is 5.74. The molecule has 0 radical (unpaired) electrons. The minimum Gasteiger partial charge on any atom is -0.338 e. The number of nitrogens with zero attached hydrogens (tertiary/aromatic N) is 3. The van der Waals surface area contributed by atoms with E-state index in [-0.39, 0.29) is 0 Å². The first-order valence-electron chi connectivity index (χ1n) is 6.93. The molecule has 3 rings (SSSR count). The van der Waals surface area contributed by atoms with Gasteiger partial charge in [0.1, 0.15) is 0 Å². The highest BCUT2D eigenvalue weighted by atomic mass is 32.2. The van der Waals surface area contributed by atoms with Crippen LogP contribution in [0.2, 0.25) is 0 Å². The van der Waals surface area contributed by atoms with Crippen molar-refractivity contribution in [2.75, 3.05) is 19.3 Å². The van der Waals surface area contributed by atoms with Gasteiger partial charge in [0.2, 0.25) is 5.89 Å². The average molecular weight is 279 g/mol. The van der Waals surface area contributed by atoms with Crippen LogP contribution in [0.5, 0.6) is 0 Å². The fraction of sp³-hybridized carbons (Fsp3) is 0.714. The second-order valence-corrected chi connectivity index (χ2v) is 6.61. The maximum absolute atomic E-state index is 5.32. The molecule has 1 aromatic heterocycles. The van der Waals surface area contributed by atoms with E-state index in [0.29, 0.717) is 0 Å². The summed E-state index contributed by atoms with van der Waals surface area (Å²) in [5.74, 6) is 4.08. The van der Waals surface area contributed by atoms with Gasteiger partial charge in [-0.2, -0.15) is 16.7 Å². The molecular formula is C14H21N3OS. The van der Waals surface area contributed by atoms with Crippen molar-refractivity contribution in [1.29, 1.82) is 0 Å². The molecule has 1 fully saturated rings. The van der Waals surface area contributed by atoms with E-state index in [1.54, 1.807) is 17.3 Å². The topological polar surface area (TPSA) is 42.2 Å². The van der Waals surface area contributed by atoms with E-state index < -0.39 is 0 Å². The highest BCUT2D eigenvalue weighted by molar-refractivity contribution is 7.97. The number of rotatable bonds is 4. The maximum atomic E-state index is 5.32. The summed E-state index contributed by atoms with van der Waals surface area (Å²) in [6.07, 6.45) is 6.97. The molecule has 104 valence electrons. The highest BCUT2D eigenvalue weighted by Gasteiger charge is 2.34. The molecule has 1 aromatic rings. The summed E-state index contributed by atoms with van der Waals surface area (Å²) in [5.41, 5.74) is 1.56. The van der Waals surface area contributed by atoms with E-state index in [1.165, 1.54) is 25.9 Å². The van der Waals surface area contributed by atoms with E-state index in [1.807, 2.05) is 0 Å². The van der Waals surface area contributed by atoms with Crippen LogP contribution >= 0.6 is 11.8 Å². The van der Waals surface area contributed by atoms with Crippen LogP contribution in [0.1, 0.15) is 31.5 Å². The quantitative estimate of drug-likeness (QED) is 0.793. The van der Waals surface area contributed by atoms with Gasteiger partial charge in [-0.25, -0.2) is 0 Å². The molecule has 0 spiro atoms. The molecule has 0 saturated carbocycles. The van der Waals surface area contributed by atoms with Crippen LogP contribution in [0.3, 0.4) is 0 Å². The lowest BCUT2D eigenvalue weighted by molar-refractivity contribution is 0.257. The zero-order valence-corrected chi connectivity index (χ0v) is 12.4. The predicted octanol–water partition coefficient (Wildman–Crippen LogP) is 2.72. The summed E-state index contributed by atoms with van der Waals surface area (Å²) in [7, 11) is 0. The van der Waals surface area contributed by atoms with Gasteiger partial charge >= 0.3 is 0 Å². The van der Waals surface area contributed by atoms with Crippen molar-refractivity contribution in [3.63, 3.8) is 0 Å². The first kappa shape index (κ1) is 13.2. The first-order chi connectivity index (χ1) is 9.24. The highest BCUT2D eigenvalue weighted by Crippen LogP contribution is 2.36. The Morgan fingerprint density at radius 3 is 3.11 bits per heavy atom. The molecule has 0 N–H and O–H groups in total. The van der Waals surface area contributed by atoms with Crippen LogP contribution in [-0.2, 0) is 12.3 Å². The third kappa shape index (κ3) is 3.03. The Labute approximate surface area is 118 Å². The molecule has 2 heterocycles. The molecule has 0 amide bonds. The van der Waals surface area contributed by atoms with Crippen LogP contribution in [0.25, 0.3) is 0 Å². The molecule has 1 aliphatic carbocycles. The van der Waals surface area contributed by atoms with Crippen LogP contribution in [-0.4, -0.2) is 34.4 Å². The standard InChI is InChI=1S/C14H21N3OS/c1-10-3-4-11-6-17(7-12(11)5-10)8-14-15-13(9-19-2)16-18-14/h3,11-12H,4-9H2,1-2H3/t11-,12+/m0/s1. The van der Waals surface area contributed by atoms with Crippen molar-refractivity contribution in [3.05, 3.63) is 23.4 Å². The number of aromatic nitrogens is 2. The van der Waals surface area contributed by atoms with Gasteiger partial charge < -0.3 is 4.52 Å². The summed E-state index contributed by atoms with van der Waals surface area (Å²) in [6.45, 7) is 5.42. The number of likely N-dealkylation sites (tertiary alicyclic amines) is 1. The number of fused-ring (bicyclic) bond motifs is 1. The Morgan fingerprint density at radius 2 is 2.26 bits per heavy atom. The molecule has 1 saturated heterocycles. The van der Waals surface area contributed by atoms with Gasteiger partial charge in [0, 0.05) is 13.1 Å². The summed E-state index contributed by atoms with van der Waals surface area (Å²) in [5, 5.41) is 4.01. The Balaban J connectivity index is 1.57. The zero-order valence-electron chi connectivity index (χ0n) is 11.6. The van der Waals surface area contributed by atoms with Crippen molar-refractivity contribution in [2.45, 2.75) is 32.1 Å². The number of allylic oxidation sites excluding steroid dienone is 2. The summed E-state index contributed by atoms with van der Waals surface area (Å²) in [6, 6.07) is 0. The Hall–Kier alpha value is -0.810. The van der Waals surface area contributed by atoms with Gasteiger partial charge in [0.25, 0.3) is 0 Å². The van der Waals surface area contributed by atoms with E-state index in [4.69, 9.17) is 4.52 Å². The zero-order chi connectivity index (χ0) is 13.2. The predicted molar refractivity (Wildman–Crippen MR) is 76.8 cm³/mol. The van der Waals surface area contributed by atoms with Crippen molar-refractivity contribution in [2.24, 2.45) is 11.8 Å². The van der Waals surface area contributed by atoms with Crippen molar-refractivity contribution in [3.8, 4) is 0 Å². The smallest absolute Gasteiger partial charge is 0.240 e. The van der Waals surface area contributed by atoms with Gasteiger partial charge in [-0.1, -0.05) is 16.8 Å². The summed E-state index contributed by atoms with van der Waals surface area (Å²) < 4.78 is 5.32. The molecule has 0 bridgehead atoms. The van der Waals surface area contributed by atoms with Crippen LogP contribution in [0.15, 0.2) is 16.2 Å². The number of thioether (sulfide) groups is 1. The Kier molecular flexibility index (Phi) is 3.93. The van der Waals surface area contributed by atoms with E-state index in [9.17, 15) is 0 Å². The monoisotopic (exact) mass is 279 g/mol. The van der Waals surface area contributed by atoms with E-state index in [0.717, 1.165) is 35.8 Å². The minimum absolute atomic E-state index is 0.771. The molecular weight excluding hydrogens is 258 g/mol. The SMILES string of the molecule is CSCc1noc(CN2C[C@H]3CC(C)=CC[C@H]3C2)n1. The first-order valence-corrected chi connectivity index (χ1v) is 8.32. The van der Waals surface area contributed by atoms with Crippen LogP contribution in [0.4, 0.5) is 0 Å². The molecule has 0 aromatic carbocycles. The largest absolute Gasteiger partial charge is 0.338 e. The minimum atomic E-state index is 0.771. The maximum Gasteiger partial charge on any atom is 0.240 e. The van der Waals surface area contributed by atoms with Gasteiger partial charge in [0.05, 0.1) is 12.3 Å². The van der Waals surface area contributed by atoms with Crippen LogP contribution < -0.4 is 0 Å². The van der Waals surface area contributed by atoms with Crippen molar-refractivity contribution >= 4 is 11.8 Å². The van der Waals surface area contributed by atoms with Gasteiger partial charge in [-0.15, -0.1) is 0 Å². The molecule has 5 heteroatoms. The molecule has 1 aliphatic heterocycles. The third-order valence-electron chi connectivity index (χ3n) is 4.15. The van der Waals surface area contributed by atoms with Gasteiger partial charge in [-0.05, 0) is 37.9 Å². The molecule has 19 heavy (non-hydrogen) atoms. The molecule has 0 unspecified atom stereocenters.